The highest BCUT2D eigenvalue weighted by Gasteiger charge is 2.53. The number of halogens is 1. The van der Waals surface area contributed by atoms with Gasteiger partial charge in [0.2, 0.25) is 15.9 Å². The third-order valence-electron chi connectivity index (χ3n) is 9.36. The molecule has 2 aliphatic rings. The zero-order valence-corrected chi connectivity index (χ0v) is 31.8. The summed E-state index contributed by atoms with van der Waals surface area (Å²) in [7, 11) is -6.79. The van der Waals surface area contributed by atoms with E-state index in [0.29, 0.717) is 80.9 Å². The molecule has 1 spiro atoms. The fourth-order valence-electron chi connectivity index (χ4n) is 6.64. The van der Waals surface area contributed by atoms with Crippen LogP contribution in [0.25, 0.3) is 11.0 Å². The van der Waals surface area contributed by atoms with Gasteiger partial charge in [0, 0.05) is 30.9 Å². The topological polar surface area (TPSA) is 159 Å². The molecule has 1 aromatic carbocycles. The summed E-state index contributed by atoms with van der Waals surface area (Å²) in [5, 5.41) is 0.506. The van der Waals surface area contributed by atoms with Gasteiger partial charge < -0.3 is 28.4 Å². The second-order valence-corrected chi connectivity index (χ2v) is 17.6. The molecule has 4 heterocycles. The van der Waals surface area contributed by atoms with Gasteiger partial charge >= 0.3 is 0 Å². The van der Waals surface area contributed by atoms with Crippen molar-refractivity contribution < 1.29 is 40.6 Å². The van der Waals surface area contributed by atoms with Gasteiger partial charge in [0.1, 0.15) is 12.4 Å². The van der Waals surface area contributed by atoms with E-state index in [0.717, 1.165) is 11.1 Å². The molecule has 0 aliphatic carbocycles. The number of carbonyl (C=O) groups excluding carboxylic acids is 1. The Hall–Kier alpha value is -3.14. The first kappa shape index (κ1) is 40.1. The van der Waals surface area contributed by atoms with Crippen LogP contribution in [-0.2, 0) is 62.1 Å². The van der Waals surface area contributed by atoms with Gasteiger partial charge in [-0.3, -0.25) is 9.78 Å². The number of anilines is 1. The summed E-state index contributed by atoms with van der Waals surface area (Å²) < 4.78 is 75.8. The number of sulfonamides is 1. The number of terminal acetylenes is 1. The lowest BCUT2D eigenvalue weighted by molar-refractivity contribution is -0.124. The lowest BCUT2D eigenvalue weighted by atomic mass is 9.74. The van der Waals surface area contributed by atoms with Crippen molar-refractivity contribution in [2.45, 2.75) is 44.7 Å². The van der Waals surface area contributed by atoms with Gasteiger partial charge in [-0.05, 0) is 56.0 Å². The highest BCUT2D eigenvalue weighted by Crippen LogP contribution is 2.48. The van der Waals surface area contributed by atoms with Gasteiger partial charge in [-0.2, -0.15) is 0 Å². The van der Waals surface area contributed by atoms with E-state index in [1.165, 1.54) is 4.31 Å². The number of amides is 1. The van der Waals surface area contributed by atoms with Crippen LogP contribution in [0.3, 0.4) is 0 Å². The standard InChI is InChI=1S/C35H46ClN5O9S2/c1-3-15-47-16-17-48-18-19-49-20-21-50-22-24-51(43,44)23-5-12-40-31-7-6-28(36)25-30(31)38-33(40)27-41-32-26-37-11-8-29(32)35(34(41)42)9-13-39(14-10-35)52(45,46)4-2/h1,6-8,11,25-26H,4-5,9-10,12-24,27H2,2H3. The monoisotopic (exact) mass is 779 g/mol. The van der Waals surface area contributed by atoms with Crippen LogP contribution in [0, 0.1) is 12.3 Å². The molecule has 0 unspecified atom stereocenters. The summed E-state index contributed by atoms with van der Waals surface area (Å²) in [6.07, 6.45) is 9.46. The summed E-state index contributed by atoms with van der Waals surface area (Å²) in [5.41, 5.74) is 2.03. The predicted molar refractivity (Wildman–Crippen MR) is 197 cm³/mol. The summed E-state index contributed by atoms with van der Waals surface area (Å²) in [5.74, 6) is 2.67. The average molecular weight is 780 g/mol. The van der Waals surface area contributed by atoms with Gasteiger partial charge in [-0.15, -0.1) is 6.42 Å². The quantitative estimate of drug-likeness (QED) is 0.116. The molecule has 284 valence electrons. The maximum Gasteiger partial charge on any atom is 0.238 e. The van der Waals surface area contributed by atoms with E-state index in [1.807, 2.05) is 16.7 Å². The Labute approximate surface area is 310 Å². The Bertz CT molecular complexity index is 1940. The van der Waals surface area contributed by atoms with E-state index in [2.05, 4.69) is 10.9 Å². The minimum Gasteiger partial charge on any atom is -0.378 e. The minimum absolute atomic E-state index is 0.00898. The van der Waals surface area contributed by atoms with E-state index >= 15 is 0 Å². The summed E-state index contributed by atoms with van der Waals surface area (Å²) >= 11 is 6.30. The number of carbonyl (C=O) groups is 1. The molecule has 3 aromatic rings. The molecule has 14 nitrogen and oxygen atoms in total. The minimum atomic E-state index is -3.41. The Morgan fingerprint density at radius 1 is 0.942 bits per heavy atom. The number of benzene rings is 1. The van der Waals surface area contributed by atoms with Gasteiger partial charge in [0.05, 0.1) is 98.4 Å². The predicted octanol–water partition coefficient (Wildman–Crippen LogP) is 2.82. The lowest BCUT2D eigenvalue weighted by Crippen LogP contribution is -2.50. The molecule has 5 rings (SSSR count). The highest BCUT2D eigenvalue weighted by molar-refractivity contribution is 7.91. The summed E-state index contributed by atoms with van der Waals surface area (Å²) in [6, 6.07) is 7.18. The number of pyridine rings is 1. The SMILES string of the molecule is C#CCOCCOCCOCCOCCS(=O)(=O)CCCn1c(CN2C(=O)C3(CCN(S(=O)(=O)CC)CC3)c3ccncc32)nc2cc(Cl)ccc21. The second-order valence-electron chi connectivity index (χ2n) is 12.6. The van der Waals surface area contributed by atoms with Crippen LogP contribution in [-0.4, -0.2) is 125 Å². The molecule has 52 heavy (non-hydrogen) atoms. The average Bonchev–Trinajstić information content (AvgIpc) is 3.57. The molecule has 0 atom stereocenters. The summed E-state index contributed by atoms with van der Waals surface area (Å²) in [6.45, 7) is 5.11. The van der Waals surface area contributed by atoms with Crippen molar-refractivity contribution in [3.8, 4) is 12.3 Å². The van der Waals surface area contributed by atoms with Crippen LogP contribution in [0.1, 0.15) is 37.6 Å². The van der Waals surface area contributed by atoms with Crippen LogP contribution >= 0.6 is 11.6 Å². The largest absolute Gasteiger partial charge is 0.378 e. The molecular formula is C35H46ClN5O9S2. The van der Waals surface area contributed by atoms with Crippen molar-refractivity contribution in [2.75, 3.05) is 88.1 Å². The van der Waals surface area contributed by atoms with Crippen LogP contribution < -0.4 is 4.90 Å². The van der Waals surface area contributed by atoms with E-state index in [4.69, 9.17) is 42.0 Å². The van der Waals surface area contributed by atoms with Gasteiger partial charge in [0.25, 0.3) is 0 Å². The van der Waals surface area contributed by atoms with Crippen molar-refractivity contribution in [3.05, 3.63) is 53.1 Å². The first-order chi connectivity index (χ1) is 25.0. The van der Waals surface area contributed by atoms with Crippen molar-refractivity contribution >= 4 is 54.1 Å². The number of hydrogen-bond donors (Lipinski definition) is 0. The van der Waals surface area contributed by atoms with Crippen LogP contribution in [0.15, 0.2) is 36.7 Å². The number of imidazole rings is 1. The number of piperidine rings is 1. The van der Waals surface area contributed by atoms with E-state index < -0.39 is 25.3 Å². The number of nitrogens with zero attached hydrogens (tertiary/aromatic N) is 5. The lowest BCUT2D eigenvalue weighted by Gasteiger charge is -2.37. The normalized spacial score (nSPS) is 16.2. The zero-order valence-electron chi connectivity index (χ0n) is 29.4. The molecule has 17 heteroatoms. The van der Waals surface area contributed by atoms with Gasteiger partial charge in [-0.1, -0.05) is 17.5 Å². The Morgan fingerprint density at radius 2 is 1.62 bits per heavy atom. The van der Waals surface area contributed by atoms with E-state index in [-0.39, 0.29) is 62.6 Å². The number of rotatable bonds is 21. The first-order valence-electron chi connectivity index (χ1n) is 17.3. The highest BCUT2D eigenvalue weighted by atomic mass is 35.5. The molecular weight excluding hydrogens is 734 g/mol. The van der Waals surface area contributed by atoms with Crippen molar-refractivity contribution in [3.63, 3.8) is 0 Å². The second kappa shape index (κ2) is 18.3. The number of aryl methyl sites for hydroxylation is 1. The number of ether oxygens (including phenoxy) is 4. The van der Waals surface area contributed by atoms with E-state index in [9.17, 15) is 21.6 Å². The number of hydrogen-bond acceptors (Lipinski definition) is 11. The number of sulfone groups is 1. The molecule has 0 N–H and O–H groups in total. The Kier molecular flexibility index (Phi) is 14.1. The Morgan fingerprint density at radius 3 is 2.29 bits per heavy atom. The van der Waals surface area contributed by atoms with Gasteiger partial charge in [-0.25, -0.2) is 26.1 Å². The number of fused-ring (bicyclic) bond motifs is 3. The molecule has 0 bridgehead atoms. The van der Waals surface area contributed by atoms with Crippen LogP contribution in [0.2, 0.25) is 5.02 Å². The Balaban J connectivity index is 1.17. The smallest absolute Gasteiger partial charge is 0.238 e. The molecule has 1 fully saturated rings. The first-order valence-corrected chi connectivity index (χ1v) is 21.2. The summed E-state index contributed by atoms with van der Waals surface area (Å²) in [4.78, 5) is 25.1. The zero-order chi connectivity index (χ0) is 37.2. The van der Waals surface area contributed by atoms with Crippen molar-refractivity contribution in [2.24, 2.45) is 0 Å². The molecule has 1 amide bonds. The maximum absolute atomic E-state index is 14.3. The maximum atomic E-state index is 14.3. The van der Waals surface area contributed by atoms with Crippen LogP contribution in [0.4, 0.5) is 5.69 Å². The molecule has 1 saturated heterocycles. The van der Waals surface area contributed by atoms with E-state index in [1.54, 1.807) is 36.4 Å². The molecule has 0 saturated carbocycles. The molecule has 2 aromatic heterocycles. The van der Waals surface area contributed by atoms with Crippen LogP contribution in [0.5, 0.6) is 0 Å². The molecule has 0 radical (unpaired) electrons. The number of aromatic nitrogens is 3. The van der Waals surface area contributed by atoms with Gasteiger partial charge in [0.15, 0.2) is 9.84 Å². The third-order valence-corrected chi connectivity index (χ3v) is 13.2. The van der Waals surface area contributed by atoms with Crippen molar-refractivity contribution in [1.82, 2.24) is 18.8 Å². The fraction of sp³-hybridized carbons (Fsp3) is 0.571. The fourth-order valence-corrected chi connectivity index (χ4v) is 9.06. The third kappa shape index (κ3) is 9.69. The molecule has 2 aliphatic heterocycles. The van der Waals surface area contributed by atoms with Crippen molar-refractivity contribution in [1.29, 1.82) is 0 Å².